The van der Waals surface area contributed by atoms with Gasteiger partial charge in [0, 0.05) is 24.3 Å². The van der Waals surface area contributed by atoms with E-state index in [1.165, 1.54) is 0 Å². The van der Waals surface area contributed by atoms with E-state index in [-0.39, 0.29) is 17.5 Å². The van der Waals surface area contributed by atoms with Crippen molar-refractivity contribution in [2.75, 3.05) is 0 Å². The molecular formula is C16H19N3O2. The van der Waals surface area contributed by atoms with Crippen molar-refractivity contribution in [2.45, 2.75) is 46.1 Å². The first-order valence-electron chi connectivity index (χ1n) is 7.56. The summed E-state index contributed by atoms with van der Waals surface area (Å²) in [5.41, 5.74) is 3.56. The molecule has 5 heteroatoms. The lowest BCUT2D eigenvalue weighted by Gasteiger charge is -2.02. The van der Waals surface area contributed by atoms with Crippen molar-refractivity contribution < 1.29 is 9.59 Å². The van der Waals surface area contributed by atoms with E-state index in [1.807, 2.05) is 26.0 Å². The van der Waals surface area contributed by atoms with Crippen molar-refractivity contribution in [3.05, 3.63) is 23.3 Å². The Bertz CT molecular complexity index is 718. The fourth-order valence-corrected chi connectivity index (χ4v) is 2.99. The molecule has 0 amide bonds. The molecule has 3 rings (SSSR count). The summed E-state index contributed by atoms with van der Waals surface area (Å²) in [5.74, 6) is 0.531. The van der Waals surface area contributed by atoms with Gasteiger partial charge < -0.3 is 0 Å². The number of carbonyl (C=O) groups is 2. The van der Waals surface area contributed by atoms with Gasteiger partial charge in [0.25, 0.3) is 0 Å². The molecule has 110 valence electrons. The lowest BCUT2D eigenvalue weighted by atomic mass is 10.0. The number of rotatable bonds is 5. The summed E-state index contributed by atoms with van der Waals surface area (Å²) in [7, 11) is 0. The molecule has 1 aromatic heterocycles. The number of fused-ring (bicyclic) bond motifs is 3. The predicted molar refractivity (Wildman–Crippen MR) is 79.3 cm³/mol. The van der Waals surface area contributed by atoms with Crippen LogP contribution in [-0.2, 0) is 17.8 Å². The topological polar surface area (TPSA) is 64.8 Å². The minimum absolute atomic E-state index is 0.0809. The van der Waals surface area contributed by atoms with Gasteiger partial charge in [-0.3, -0.25) is 9.59 Å². The summed E-state index contributed by atoms with van der Waals surface area (Å²) in [6, 6.07) is 3.79. The molecule has 0 bridgehead atoms. The summed E-state index contributed by atoms with van der Waals surface area (Å²) < 4.78 is 1.77. The Balaban J connectivity index is 1.96. The summed E-state index contributed by atoms with van der Waals surface area (Å²) in [6.07, 6.45) is 2.64. The molecule has 0 saturated carbocycles. The minimum atomic E-state index is 0.0809. The number of ketones is 2. The van der Waals surface area contributed by atoms with Crippen LogP contribution in [0.15, 0.2) is 12.1 Å². The van der Waals surface area contributed by atoms with Crippen LogP contribution in [0.4, 0.5) is 0 Å². The Labute approximate surface area is 123 Å². The van der Waals surface area contributed by atoms with E-state index in [0.29, 0.717) is 19.4 Å². The second-order valence-corrected chi connectivity index (χ2v) is 5.59. The molecular weight excluding hydrogens is 266 g/mol. The maximum Gasteiger partial charge on any atom is 0.166 e. The maximum absolute atomic E-state index is 12.2. The van der Waals surface area contributed by atoms with E-state index in [0.717, 1.165) is 35.0 Å². The Kier molecular flexibility index (Phi) is 3.57. The average Bonchev–Trinajstić information content (AvgIpc) is 3.06. The Hall–Kier alpha value is -2.04. The summed E-state index contributed by atoms with van der Waals surface area (Å²) >= 11 is 0. The Morgan fingerprint density at radius 3 is 2.90 bits per heavy atom. The SMILES string of the molecule is CCC(=O)CCn1nnc2c3c(ccc21)C(=O)C(CC)C3. The van der Waals surface area contributed by atoms with Crippen LogP contribution in [0.1, 0.15) is 49.0 Å². The third kappa shape index (κ3) is 2.26. The number of nitrogens with zero attached hydrogens (tertiary/aromatic N) is 3. The smallest absolute Gasteiger partial charge is 0.166 e. The summed E-state index contributed by atoms with van der Waals surface area (Å²) in [5, 5.41) is 8.40. The molecule has 0 saturated heterocycles. The molecule has 2 aromatic rings. The van der Waals surface area contributed by atoms with Crippen LogP contribution in [0.25, 0.3) is 11.0 Å². The van der Waals surface area contributed by atoms with E-state index in [1.54, 1.807) is 4.68 Å². The van der Waals surface area contributed by atoms with Crippen LogP contribution in [0.5, 0.6) is 0 Å². The largest absolute Gasteiger partial charge is 0.300 e. The summed E-state index contributed by atoms with van der Waals surface area (Å²) in [6.45, 7) is 4.46. The standard InChI is InChI=1S/C16H19N3O2/c1-3-10-9-13-12(16(10)21)5-6-14-15(13)17-18-19(14)8-7-11(20)4-2/h5-6,10H,3-4,7-9H2,1-2H3. The van der Waals surface area contributed by atoms with Crippen LogP contribution < -0.4 is 0 Å². The van der Waals surface area contributed by atoms with Gasteiger partial charge in [0.15, 0.2) is 5.78 Å². The highest BCUT2D eigenvalue weighted by Gasteiger charge is 2.31. The van der Waals surface area contributed by atoms with Gasteiger partial charge in [0.1, 0.15) is 11.3 Å². The number of hydrogen-bond donors (Lipinski definition) is 0. The molecule has 1 aromatic carbocycles. The third-order valence-corrected chi connectivity index (χ3v) is 4.37. The molecule has 1 unspecified atom stereocenters. The van der Waals surface area contributed by atoms with E-state index < -0.39 is 0 Å². The maximum atomic E-state index is 12.2. The molecule has 1 atom stereocenters. The van der Waals surface area contributed by atoms with Crippen molar-refractivity contribution in [1.29, 1.82) is 0 Å². The van der Waals surface area contributed by atoms with Gasteiger partial charge in [0.05, 0.1) is 12.1 Å². The van der Waals surface area contributed by atoms with Gasteiger partial charge in [0.2, 0.25) is 0 Å². The van der Waals surface area contributed by atoms with Gasteiger partial charge in [-0.15, -0.1) is 5.10 Å². The number of Topliss-reactive ketones (excluding diaryl/α,β-unsaturated/α-hetero) is 2. The monoisotopic (exact) mass is 285 g/mol. The van der Waals surface area contributed by atoms with E-state index in [4.69, 9.17) is 0 Å². The van der Waals surface area contributed by atoms with Gasteiger partial charge >= 0.3 is 0 Å². The van der Waals surface area contributed by atoms with Crippen molar-refractivity contribution in [1.82, 2.24) is 15.0 Å². The van der Waals surface area contributed by atoms with Crippen molar-refractivity contribution in [3.63, 3.8) is 0 Å². The Morgan fingerprint density at radius 1 is 1.38 bits per heavy atom. The first-order chi connectivity index (χ1) is 10.2. The van der Waals surface area contributed by atoms with E-state index in [2.05, 4.69) is 10.3 Å². The zero-order valence-electron chi connectivity index (χ0n) is 12.4. The lowest BCUT2D eigenvalue weighted by molar-refractivity contribution is -0.119. The van der Waals surface area contributed by atoms with E-state index >= 15 is 0 Å². The number of hydrogen-bond acceptors (Lipinski definition) is 4. The second kappa shape index (κ2) is 5.39. The number of benzene rings is 1. The highest BCUT2D eigenvalue weighted by Crippen LogP contribution is 2.33. The highest BCUT2D eigenvalue weighted by molar-refractivity contribution is 6.06. The van der Waals surface area contributed by atoms with Crippen LogP contribution in [0, 0.1) is 5.92 Å². The zero-order chi connectivity index (χ0) is 15.0. The molecule has 0 spiro atoms. The molecule has 21 heavy (non-hydrogen) atoms. The minimum Gasteiger partial charge on any atom is -0.300 e. The van der Waals surface area contributed by atoms with Crippen molar-refractivity contribution in [3.8, 4) is 0 Å². The average molecular weight is 285 g/mol. The third-order valence-electron chi connectivity index (χ3n) is 4.37. The van der Waals surface area contributed by atoms with E-state index in [9.17, 15) is 9.59 Å². The molecule has 0 aliphatic heterocycles. The summed E-state index contributed by atoms with van der Waals surface area (Å²) in [4.78, 5) is 23.7. The van der Waals surface area contributed by atoms with Gasteiger partial charge in [-0.2, -0.15) is 0 Å². The first kappa shape index (κ1) is 13.9. The quantitative estimate of drug-likeness (QED) is 0.847. The fourth-order valence-electron chi connectivity index (χ4n) is 2.99. The van der Waals surface area contributed by atoms with Crippen LogP contribution >= 0.6 is 0 Å². The number of aryl methyl sites for hydroxylation is 1. The number of aromatic nitrogens is 3. The van der Waals surface area contributed by atoms with Crippen molar-refractivity contribution >= 4 is 22.6 Å². The normalized spacial score (nSPS) is 17.4. The molecule has 0 N–H and O–H groups in total. The molecule has 1 aliphatic carbocycles. The van der Waals surface area contributed by atoms with Gasteiger partial charge in [-0.1, -0.05) is 19.1 Å². The predicted octanol–water partition coefficient (Wildman–Crippen LogP) is 2.57. The van der Waals surface area contributed by atoms with Gasteiger partial charge in [-0.25, -0.2) is 4.68 Å². The molecule has 1 aliphatic rings. The second-order valence-electron chi connectivity index (χ2n) is 5.59. The zero-order valence-corrected chi connectivity index (χ0v) is 12.4. The van der Waals surface area contributed by atoms with Crippen LogP contribution in [0.2, 0.25) is 0 Å². The molecule has 5 nitrogen and oxygen atoms in total. The van der Waals surface area contributed by atoms with Gasteiger partial charge in [-0.05, 0) is 30.5 Å². The molecule has 0 fully saturated rings. The van der Waals surface area contributed by atoms with Crippen molar-refractivity contribution in [2.24, 2.45) is 5.92 Å². The fraction of sp³-hybridized carbons (Fsp3) is 0.500. The first-order valence-corrected chi connectivity index (χ1v) is 7.56. The highest BCUT2D eigenvalue weighted by atomic mass is 16.1. The molecule has 0 radical (unpaired) electrons. The number of carbonyl (C=O) groups excluding carboxylic acids is 2. The Morgan fingerprint density at radius 2 is 2.19 bits per heavy atom. The van der Waals surface area contributed by atoms with Crippen LogP contribution in [0.3, 0.4) is 0 Å². The van der Waals surface area contributed by atoms with Crippen LogP contribution in [-0.4, -0.2) is 26.6 Å². The lowest BCUT2D eigenvalue weighted by Crippen LogP contribution is -2.07. The molecule has 1 heterocycles.